The molecule has 8 heteroatoms. The Morgan fingerprint density at radius 1 is 1.21 bits per heavy atom. The molecule has 0 aliphatic rings. The molecule has 1 heterocycles. The Hall–Kier alpha value is -3.42. The van der Waals surface area contributed by atoms with Gasteiger partial charge < -0.3 is 15.0 Å². The van der Waals surface area contributed by atoms with E-state index in [9.17, 15) is 14.9 Å². The lowest BCUT2D eigenvalue weighted by atomic mass is 9.87. The van der Waals surface area contributed by atoms with Crippen molar-refractivity contribution in [2.45, 2.75) is 26.2 Å². The molecule has 0 amide bonds. The maximum Gasteiger partial charge on any atom is 0.293 e. The Bertz CT molecular complexity index is 1050. The van der Waals surface area contributed by atoms with Crippen molar-refractivity contribution in [3.05, 3.63) is 68.8 Å². The molecule has 0 saturated heterocycles. The quantitative estimate of drug-likeness (QED) is 0.383. The molecule has 2 aromatic carbocycles. The van der Waals surface area contributed by atoms with E-state index < -0.39 is 10.5 Å². The lowest BCUT2D eigenvalue weighted by molar-refractivity contribution is -0.383. The Balaban J connectivity index is 1.67. The number of fused-ring (bicyclic) bond motifs is 1. The van der Waals surface area contributed by atoms with E-state index in [4.69, 9.17) is 4.74 Å². The van der Waals surface area contributed by atoms with Crippen LogP contribution in [0.3, 0.4) is 0 Å². The third kappa shape index (κ3) is 4.28. The summed E-state index contributed by atoms with van der Waals surface area (Å²) in [7, 11) is 0. The predicted molar refractivity (Wildman–Crippen MR) is 108 cm³/mol. The van der Waals surface area contributed by atoms with Gasteiger partial charge in [0.1, 0.15) is 18.0 Å². The SMILES string of the molecule is CC(C)(C)c1ccc(OCCNc2cc3nc[nH]c(=O)c3cc2[N+](=O)[O-])cc1. The van der Waals surface area contributed by atoms with Crippen LogP contribution in [0.5, 0.6) is 5.75 Å². The summed E-state index contributed by atoms with van der Waals surface area (Å²) in [5.41, 5.74) is 1.37. The molecule has 8 nitrogen and oxygen atoms in total. The number of H-pyrrole nitrogens is 1. The maximum atomic E-state index is 11.8. The molecule has 0 unspecified atom stereocenters. The number of hydrogen-bond donors (Lipinski definition) is 2. The summed E-state index contributed by atoms with van der Waals surface area (Å²) in [5, 5.41) is 14.5. The normalized spacial score (nSPS) is 11.4. The number of nitrogens with one attached hydrogen (secondary N) is 2. The second-order valence-electron chi connectivity index (χ2n) is 7.42. The van der Waals surface area contributed by atoms with Crippen LogP contribution in [0.15, 0.2) is 47.5 Å². The number of aromatic amines is 1. The fourth-order valence-electron chi connectivity index (χ4n) is 2.80. The van der Waals surface area contributed by atoms with Gasteiger partial charge in [0, 0.05) is 12.6 Å². The van der Waals surface area contributed by atoms with Crippen LogP contribution in [0.1, 0.15) is 26.3 Å². The molecule has 146 valence electrons. The van der Waals surface area contributed by atoms with E-state index in [0.717, 1.165) is 5.75 Å². The summed E-state index contributed by atoms with van der Waals surface area (Å²) in [6, 6.07) is 10.6. The average Bonchev–Trinajstić information content (AvgIpc) is 2.64. The fraction of sp³-hybridized carbons (Fsp3) is 0.300. The first kappa shape index (κ1) is 19.3. The van der Waals surface area contributed by atoms with Gasteiger partial charge in [-0.15, -0.1) is 0 Å². The van der Waals surface area contributed by atoms with Gasteiger partial charge in [-0.25, -0.2) is 4.98 Å². The minimum absolute atomic E-state index is 0.0743. The van der Waals surface area contributed by atoms with E-state index >= 15 is 0 Å². The van der Waals surface area contributed by atoms with Crippen LogP contribution in [-0.4, -0.2) is 28.0 Å². The highest BCUT2D eigenvalue weighted by Gasteiger charge is 2.17. The molecular formula is C20H22N4O4. The molecule has 3 aromatic rings. The van der Waals surface area contributed by atoms with Crippen molar-refractivity contribution in [3.63, 3.8) is 0 Å². The van der Waals surface area contributed by atoms with Gasteiger partial charge in [0.25, 0.3) is 11.2 Å². The second kappa shape index (κ2) is 7.67. The molecule has 0 spiro atoms. The first-order valence-corrected chi connectivity index (χ1v) is 8.89. The van der Waals surface area contributed by atoms with Crippen LogP contribution in [-0.2, 0) is 5.41 Å². The Morgan fingerprint density at radius 2 is 1.93 bits per heavy atom. The predicted octanol–water partition coefficient (Wildman–Crippen LogP) is 3.62. The Labute approximate surface area is 161 Å². The van der Waals surface area contributed by atoms with Crippen molar-refractivity contribution in [1.29, 1.82) is 0 Å². The van der Waals surface area contributed by atoms with Crippen LogP contribution in [0.2, 0.25) is 0 Å². The van der Waals surface area contributed by atoms with Crippen LogP contribution < -0.4 is 15.6 Å². The summed E-state index contributed by atoms with van der Waals surface area (Å²) in [4.78, 5) is 29.1. The van der Waals surface area contributed by atoms with E-state index in [-0.39, 0.29) is 16.5 Å². The van der Waals surface area contributed by atoms with Gasteiger partial charge in [0.2, 0.25) is 0 Å². The number of hydrogen-bond acceptors (Lipinski definition) is 6. The third-order valence-corrected chi connectivity index (χ3v) is 4.36. The largest absolute Gasteiger partial charge is 0.492 e. The van der Waals surface area contributed by atoms with E-state index in [1.807, 2.05) is 24.3 Å². The zero-order valence-electron chi connectivity index (χ0n) is 16.0. The van der Waals surface area contributed by atoms with Crippen molar-refractivity contribution in [2.24, 2.45) is 0 Å². The Kier molecular flexibility index (Phi) is 5.30. The molecule has 0 aliphatic heterocycles. The third-order valence-electron chi connectivity index (χ3n) is 4.36. The number of nitrogens with zero attached hydrogens (tertiary/aromatic N) is 2. The van der Waals surface area contributed by atoms with Crippen LogP contribution in [0.4, 0.5) is 11.4 Å². The van der Waals surface area contributed by atoms with Crippen molar-refractivity contribution < 1.29 is 9.66 Å². The second-order valence-corrected chi connectivity index (χ2v) is 7.42. The molecule has 2 N–H and O–H groups in total. The zero-order valence-corrected chi connectivity index (χ0v) is 16.0. The first-order valence-electron chi connectivity index (χ1n) is 8.89. The number of nitro groups is 1. The van der Waals surface area contributed by atoms with E-state index in [1.54, 1.807) is 0 Å². The first-order chi connectivity index (χ1) is 13.3. The van der Waals surface area contributed by atoms with Crippen molar-refractivity contribution in [2.75, 3.05) is 18.5 Å². The van der Waals surface area contributed by atoms with Gasteiger partial charge in [-0.05, 0) is 29.2 Å². The number of anilines is 1. The van der Waals surface area contributed by atoms with E-state index in [1.165, 1.54) is 24.0 Å². The molecule has 0 saturated carbocycles. The lowest BCUT2D eigenvalue weighted by Gasteiger charge is -2.19. The average molecular weight is 382 g/mol. The number of ether oxygens (including phenoxy) is 1. The van der Waals surface area contributed by atoms with Gasteiger partial charge in [0.05, 0.1) is 22.2 Å². The van der Waals surface area contributed by atoms with E-state index in [0.29, 0.717) is 24.4 Å². The van der Waals surface area contributed by atoms with Gasteiger partial charge in [-0.2, -0.15) is 0 Å². The number of aromatic nitrogens is 2. The summed E-state index contributed by atoms with van der Waals surface area (Å²) >= 11 is 0. The van der Waals surface area contributed by atoms with Gasteiger partial charge in [-0.1, -0.05) is 32.9 Å². The van der Waals surface area contributed by atoms with Gasteiger partial charge >= 0.3 is 0 Å². The summed E-state index contributed by atoms with van der Waals surface area (Å²) < 4.78 is 5.70. The number of nitro benzene ring substituents is 1. The van der Waals surface area contributed by atoms with E-state index in [2.05, 4.69) is 36.1 Å². The van der Waals surface area contributed by atoms with Gasteiger partial charge in [0.15, 0.2) is 0 Å². The molecule has 0 aliphatic carbocycles. The monoisotopic (exact) mass is 382 g/mol. The standard InChI is InChI=1S/C20H22N4O4/c1-20(2,3)13-4-6-14(7-5-13)28-9-8-21-17-11-16-15(10-18(17)24(26)27)19(25)23-12-22-16/h4-7,10-12,21H,8-9H2,1-3H3,(H,22,23,25). The smallest absolute Gasteiger partial charge is 0.293 e. The topological polar surface area (TPSA) is 110 Å². The zero-order chi connectivity index (χ0) is 20.3. The number of benzene rings is 2. The molecular weight excluding hydrogens is 360 g/mol. The molecule has 0 fully saturated rings. The maximum absolute atomic E-state index is 11.8. The molecule has 28 heavy (non-hydrogen) atoms. The highest BCUT2D eigenvalue weighted by Crippen LogP contribution is 2.28. The lowest BCUT2D eigenvalue weighted by Crippen LogP contribution is -2.14. The summed E-state index contributed by atoms with van der Waals surface area (Å²) in [6.07, 6.45) is 1.27. The molecule has 0 atom stereocenters. The molecule has 3 rings (SSSR count). The number of rotatable bonds is 6. The van der Waals surface area contributed by atoms with Crippen molar-refractivity contribution >= 4 is 22.3 Å². The van der Waals surface area contributed by atoms with Gasteiger partial charge in [-0.3, -0.25) is 14.9 Å². The molecule has 0 radical (unpaired) electrons. The molecule has 0 bridgehead atoms. The van der Waals surface area contributed by atoms with Crippen LogP contribution in [0, 0.1) is 10.1 Å². The minimum atomic E-state index is -0.527. The Morgan fingerprint density at radius 3 is 2.57 bits per heavy atom. The van der Waals surface area contributed by atoms with Crippen LogP contribution in [0.25, 0.3) is 10.9 Å². The summed E-state index contributed by atoms with van der Waals surface area (Å²) in [6.45, 7) is 7.12. The van der Waals surface area contributed by atoms with Crippen molar-refractivity contribution in [3.8, 4) is 5.75 Å². The highest BCUT2D eigenvalue weighted by molar-refractivity contribution is 5.86. The van der Waals surface area contributed by atoms with Crippen LogP contribution >= 0.6 is 0 Å². The van der Waals surface area contributed by atoms with Crippen molar-refractivity contribution in [1.82, 2.24) is 9.97 Å². The highest BCUT2D eigenvalue weighted by atomic mass is 16.6. The summed E-state index contributed by atoms with van der Waals surface area (Å²) in [5.74, 6) is 0.732. The molecule has 1 aromatic heterocycles. The fourth-order valence-corrected chi connectivity index (χ4v) is 2.80. The minimum Gasteiger partial charge on any atom is -0.492 e.